The lowest BCUT2D eigenvalue weighted by Gasteiger charge is -2.32. The topological polar surface area (TPSA) is 55.8 Å². The summed E-state index contributed by atoms with van der Waals surface area (Å²) in [5, 5.41) is 9.74. The van der Waals surface area contributed by atoms with E-state index in [2.05, 4.69) is 12.6 Å². The van der Waals surface area contributed by atoms with Gasteiger partial charge in [0.25, 0.3) is 0 Å². The fourth-order valence-electron chi connectivity index (χ4n) is 2.32. The van der Waals surface area contributed by atoms with Crippen LogP contribution in [0, 0.1) is 0 Å². The van der Waals surface area contributed by atoms with Crippen molar-refractivity contribution in [2.75, 3.05) is 5.75 Å². The number of phenols is 1. The first kappa shape index (κ1) is 18.1. The number of carbonyl (C=O) groups excluding carboxylic acids is 1. The number of rotatable bonds is 4. The molecule has 0 aliphatic carbocycles. The highest BCUT2D eigenvalue weighted by Gasteiger charge is 2.52. The summed E-state index contributed by atoms with van der Waals surface area (Å²) in [4.78, 5) is 11.6. The summed E-state index contributed by atoms with van der Waals surface area (Å²) in [6.07, 6.45) is 1.89. The highest BCUT2D eigenvalue weighted by Crippen LogP contribution is 2.39. The van der Waals surface area contributed by atoms with Gasteiger partial charge in [0.15, 0.2) is 5.78 Å². The summed E-state index contributed by atoms with van der Waals surface area (Å²) in [5.74, 6) is 0.270. The van der Waals surface area contributed by atoms with Crippen molar-refractivity contribution in [3.05, 3.63) is 34.8 Å². The van der Waals surface area contributed by atoms with Crippen LogP contribution in [0.1, 0.15) is 50.5 Å². The van der Waals surface area contributed by atoms with E-state index in [4.69, 9.17) is 9.31 Å². The van der Waals surface area contributed by atoms with Crippen LogP contribution in [0.25, 0.3) is 6.08 Å². The number of phenolic OH excluding ortho intramolecular Hbond substituents is 1. The predicted octanol–water partition coefficient (Wildman–Crippen LogP) is 3.54. The highest BCUT2D eigenvalue weighted by molar-refractivity contribution is 7.80. The lowest BCUT2D eigenvalue weighted by Crippen LogP contribution is -2.41. The number of aromatic hydroxyl groups is 1. The molecule has 1 aliphatic rings. The average Bonchev–Trinajstić information content (AvgIpc) is 2.66. The molecule has 1 aromatic rings. The van der Waals surface area contributed by atoms with Gasteiger partial charge in [0.2, 0.25) is 0 Å². The van der Waals surface area contributed by atoms with Crippen LogP contribution in [0.3, 0.4) is 0 Å². The number of hydrogen-bond acceptors (Lipinski definition) is 5. The van der Waals surface area contributed by atoms with E-state index in [0.717, 1.165) is 11.0 Å². The lowest BCUT2D eigenvalue weighted by atomic mass is 9.78. The van der Waals surface area contributed by atoms with Crippen LogP contribution in [0.4, 0.5) is 0 Å². The monoisotopic (exact) mass is 334 g/mol. The number of thiol groups is 1. The first-order valence-electron chi connectivity index (χ1n) is 7.58. The van der Waals surface area contributed by atoms with Crippen LogP contribution in [-0.4, -0.2) is 35.0 Å². The van der Waals surface area contributed by atoms with Gasteiger partial charge in [0.05, 0.1) is 16.8 Å². The van der Waals surface area contributed by atoms with Crippen molar-refractivity contribution in [3.63, 3.8) is 0 Å². The fraction of sp³-hybridized carbons (Fsp3) is 0.471. The lowest BCUT2D eigenvalue weighted by molar-refractivity contribution is 0.00578. The van der Waals surface area contributed by atoms with Gasteiger partial charge in [-0.25, -0.2) is 0 Å². The van der Waals surface area contributed by atoms with Gasteiger partial charge in [0.1, 0.15) is 5.75 Å². The predicted molar refractivity (Wildman–Crippen MR) is 96.0 cm³/mol. The van der Waals surface area contributed by atoms with Crippen molar-refractivity contribution in [2.24, 2.45) is 0 Å². The summed E-state index contributed by atoms with van der Waals surface area (Å²) in [5.41, 5.74) is 1.13. The maximum atomic E-state index is 11.6. The Bertz CT molecular complexity index is 636. The summed E-state index contributed by atoms with van der Waals surface area (Å²) in [6.45, 7) is 9.42. The molecule has 0 bridgehead atoms. The van der Waals surface area contributed by atoms with Crippen LogP contribution in [0.15, 0.2) is 23.7 Å². The maximum Gasteiger partial charge on any atom is 0.491 e. The normalized spacial score (nSPS) is 19.9. The van der Waals surface area contributed by atoms with Crippen LogP contribution in [0.5, 0.6) is 5.75 Å². The zero-order valence-corrected chi connectivity index (χ0v) is 15.1. The molecule has 23 heavy (non-hydrogen) atoms. The number of carbonyl (C=O) groups is 1. The van der Waals surface area contributed by atoms with Crippen LogP contribution in [-0.2, 0) is 9.31 Å². The molecule has 124 valence electrons. The van der Waals surface area contributed by atoms with Gasteiger partial charge >= 0.3 is 7.12 Å². The molecule has 0 spiro atoms. The minimum atomic E-state index is -0.480. The van der Waals surface area contributed by atoms with E-state index < -0.39 is 18.3 Å². The highest BCUT2D eigenvalue weighted by atomic mass is 32.1. The molecule has 1 aliphatic heterocycles. The van der Waals surface area contributed by atoms with Crippen LogP contribution >= 0.6 is 12.6 Å². The van der Waals surface area contributed by atoms with Gasteiger partial charge in [0, 0.05) is 5.75 Å². The molecule has 1 aromatic carbocycles. The fourth-order valence-corrected chi connectivity index (χ4v) is 2.56. The minimum Gasteiger partial charge on any atom is -0.507 e. The smallest absolute Gasteiger partial charge is 0.491 e. The SMILES string of the molecule is CC(=O)c1cc(C=C(CS)B2OC(C)(C)C(C)(C)O2)ccc1O. The van der Waals surface area contributed by atoms with E-state index in [1.54, 1.807) is 12.1 Å². The van der Waals surface area contributed by atoms with Crippen molar-refractivity contribution in [1.29, 1.82) is 0 Å². The molecule has 1 heterocycles. The van der Waals surface area contributed by atoms with E-state index >= 15 is 0 Å². The van der Waals surface area contributed by atoms with Crippen LogP contribution in [0.2, 0.25) is 0 Å². The van der Waals surface area contributed by atoms with Gasteiger partial charge in [-0.15, -0.1) is 0 Å². The summed E-state index contributed by atoms with van der Waals surface area (Å²) < 4.78 is 12.1. The molecule has 0 unspecified atom stereocenters. The Morgan fingerprint density at radius 2 is 1.83 bits per heavy atom. The molecule has 1 N–H and O–H groups in total. The Morgan fingerprint density at radius 3 is 2.30 bits per heavy atom. The second kappa shape index (κ2) is 6.34. The first-order chi connectivity index (χ1) is 10.6. The molecular formula is C17H23BO4S. The third kappa shape index (κ3) is 3.65. The molecule has 0 saturated carbocycles. The molecule has 2 rings (SSSR count). The number of hydrogen-bond donors (Lipinski definition) is 2. The van der Waals surface area contributed by atoms with E-state index in [9.17, 15) is 9.90 Å². The summed E-state index contributed by atoms with van der Waals surface area (Å²) in [6, 6.07) is 4.92. The van der Waals surface area contributed by atoms with Gasteiger partial charge in [-0.1, -0.05) is 12.1 Å². The molecule has 1 saturated heterocycles. The molecule has 1 fully saturated rings. The van der Waals surface area contributed by atoms with Gasteiger partial charge in [-0.2, -0.15) is 12.6 Å². The van der Waals surface area contributed by atoms with E-state index in [1.165, 1.54) is 13.0 Å². The molecule has 0 radical (unpaired) electrons. The third-order valence-corrected chi connectivity index (χ3v) is 4.86. The van der Waals surface area contributed by atoms with Gasteiger partial charge in [-0.3, -0.25) is 4.79 Å². The van der Waals surface area contributed by atoms with E-state index in [-0.39, 0.29) is 11.5 Å². The molecular weight excluding hydrogens is 311 g/mol. The second-order valence-electron chi connectivity index (χ2n) is 6.80. The Morgan fingerprint density at radius 1 is 1.26 bits per heavy atom. The largest absolute Gasteiger partial charge is 0.507 e. The van der Waals surface area contributed by atoms with E-state index in [0.29, 0.717) is 11.3 Å². The Balaban J connectivity index is 2.34. The number of ketones is 1. The van der Waals surface area contributed by atoms with Crippen molar-refractivity contribution < 1.29 is 19.2 Å². The number of Topliss-reactive ketones (excluding diaryl/α,β-unsaturated/α-hetero) is 1. The number of benzene rings is 1. The summed E-state index contributed by atoms with van der Waals surface area (Å²) in [7, 11) is -0.480. The molecule has 6 heteroatoms. The minimum absolute atomic E-state index is 0.0160. The second-order valence-corrected chi connectivity index (χ2v) is 7.11. The van der Waals surface area contributed by atoms with Crippen molar-refractivity contribution in [3.8, 4) is 5.75 Å². The maximum absolute atomic E-state index is 11.6. The quantitative estimate of drug-likeness (QED) is 0.502. The van der Waals surface area contributed by atoms with Crippen molar-refractivity contribution in [2.45, 2.75) is 45.8 Å². The third-order valence-electron chi connectivity index (χ3n) is 4.49. The standard InChI is InChI=1S/C17H23BO4S/c1-11(19)14-9-12(6-7-15(14)20)8-13(10-23)18-21-16(2,3)17(4,5)22-18/h6-9,20,23H,10H2,1-5H3. The summed E-state index contributed by atoms with van der Waals surface area (Å²) >= 11 is 4.38. The van der Waals surface area contributed by atoms with Crippen LogP contribution < -0.4 is 0 Å². The van der Waals surface area contributed by atoms with Gasteiger partial charge < -0.3 is 14.4 Å². The average molecular weight is 334 g/mol. The molecule has 0 aromatic heterocycles. The van der Waals surface area contributed by atoms with Gasteiger partial charge in [-0.05, 0) is 57.8 Å². The zero-order chi connectivity index (χ0) is 17.4. The Hall–Kier alpha value is -1.24. The Labute approximate surface area is 143 Å². The molecule has 4 nitrogen and oxygen atoms in total. The first-order valence-corrected chi connectivity index (χ1v) is 8.21. The Kier molecular flexibility index (Phi) is 4.99. The van der Waals surface area contributed by atoms with Crippen molar-refractivity contribution in [1.82, 2.24) is 0 Å². The van der Waals surface area contributed by atoms with E-state index in [1.807, 2.05) is 33.8 Å². The van der Waals surface area contributed by atoms with Crippen molar-refractivity contribution >= 4 is 31.6 Å². The molecule has 0 amide bonds. The molecule has 0 atom stereocenters. The zero-order valence-electron chi connectivity index (χ0n) is 14.2.